The first-order valence-corrected chi connectivity index (χ1v) is 12.0. The summed E-state index contributed by atoms with van der Waals surface area (Å²) in [7, 11) is -0.689. The Balaban J connectivity index is 1.78. The lowest BCUT2D eigenvalue weighted by molar-refractivity contribution is -0.121. The van der Waals surface area contributed by atoms with E-state index in [4.69, 9.17) is 21.1 Å². The minimum Gasteiger partial charge on any atom is -0.497 e. The molecule has 3 aromatic rings. The third-order valence-electron chi connectivity index (χ3n) is 4.80. The van der Waals surface area contributed by atoms with E-state index >= 15 is 0 Å². The summed E-state index contributed by atoms with van der Waals surface area (Å²) in [6, 6.07) is 12.4. The summed E-state index contributed by atoms with van der Waals surface area (Å²) in [6.07, 6.45) is 2.38. The molecule has 11 heteroatoms. The predicted octanol–water partition coefficient (Wildman–Crippen LogP) is 3.21. The highest BCUT2D eigenvalue weighted by atomic mass is 35.5. The second kappa shape index (κ2) is 10.1. The van der Waals surface area contributed by atoms with Gasteiger partial charge in [-0.05, 0) is 49.4 Å². The van der Waals surface area contributed by atoms with E-state index in [-0.39, 0.29) is 5.15 Å². The van der Waals surface area contributed by atoms with Gasteiger partial charge >= 0.3 is 0 Å². The third-order valence-corrected chi connectivity index (χ3v) is 6.34. The number of hydrogen-bond donors (Lipinski definition) is 1. The van der Waals surface area contributed by atoms with Gasteiger partial charge in [-0.3, -0.25) is 9.10 Å². The Hall–Kier alpha value is -3.37. The number of nitrogens with zero attached hydrogens (tertiary/aromatic N) is 3. The standard InChI is InChI=1S/C22H23ClN4O5S/c1-14(27(33(4,29)30)17-6-9-18(31-2)10-7-17)22(28)26-24-13-16-11-15-5-8-19(32-3)12-20(15)25-21(16)23/h5-14H,1-4H3,(H,26,28)/b24-13-/t14-/m0/s1. The molecule has 1 amide bonds. The largest absolute Gasteiger partial charge is 0.497 e. The summed E-state index contributed by atoms with van der Waals surface area (Å²) in [6.45, 7) is 1.47. The number of anilines is 1. The Kier molecular flexibility index (Phi) is 7.39. The number of hydrogen-bond acceptors (Lipinski definition) is 7. The molecule has 3 rings (SSSR count). The van der Waals surface area contributed by atoms with Gasteiger partial charge in [0.15, 0.2) is 0 Å². The Morgan fingerprint density at radius 2 is 1.76 bits per heavy atom. The molecule has 0 saturated heterocycles. The monoisotopic (exact) mass is 490 g/mol. The van der Waals surface area contributed by atoms with Gasteiger partial charge in [-0.25, -0.2) is 18.8 Å². The predicted molar refractivity (Wildman–Crippen MR) is 129 cm³/mol. The average Bonchev–Trinajstić information content (AvgIpc) is 2.78. The number of amides is 1. The van der Waals surface area contributed by atoms with Crippen LogP contribution in [0.5, 0.6) is 11.5 Å². The fraction of sp³-hybridized carbons (Fsp3) is 0.227. The quantitative estimate of drug-likeness (QED) is 0.295. The molecule has 174 valence electrons. The highest BCUT2D eigenvalue weighted by Crippen LogP contribution is 2.25. The highest BCUT2D eigenvalue weighted by molar-refractivity contribution is 7.92. The van der Waals surface area contributed by atoms with Crippen molar-refractivity contribution in [2.24, 2.45) is 5.10 Å². The zero-order valence-electron chi connectivity index (χ0n) is 18.4. The molecule has 1 aromatic heterocycles. The normalized spacial score (nSPS) is 12.5. The molecular weight excluding hydrogens is 468 g/mol. The number of sulfonamides is 1. The molecule has 0 aliphatic carbocycles. The van der Waals surface area contributed by atoms with Crippen molar-refractivity contribution >= 4 is 50.3 Å². The molecule has 0 spiro atoms. The van der Waals surface area contributed by atoms with E-state index in [1.54, 1.807) is 49.6 Å². The average molecular weight is 491 g/mol. The Labute approximate surface area is 197 Å². The van der Waals surface area contributed by atoms with Crippen LogP contribution in [0.3, 0.4) is 0 Å². The summed E-state index contributed by atoms with van der Waals surface area (Å²) in [5.74, 6) is 0.594. The van der Waals surface area contributed by atoms with Crippen LogP contribution in [0.4, 0.5) is 5.69 Å². The van der Waals surface area contributed by atoms with Crippen LogP contribution in [0.1, 0.15) is 12.5 Å². The van der Waals surface area contributed by atoms with Gasteiger partial charge in [0.25, 0.3) is 5.91 Å². The van der Waals surface area contributed by atoms with Gasteiger partial charge in [0.1, 0.15) is 22.7 Å². The number of nitrogens with one attached hydrogen (secondary N) is 1. The molecule has 2 aromatic carbocycles. The number of carbonyl (C=O) groups is 1. The molecule has 0 aliphatic rings. The van der Waals surface area contributed by atoms with Crippen LogP contribution in [0, 0.1) is 0 Å². The number of pyridine rings is 1. The summed E-state index contributed by atoms with van der Waals surface area (Å²) >= 11 is 6.24. The Morgan fingerprint density at radius 3 is 2.36 bits per heavy atom. The molecule has 0 radical (unpaired) electrons. The maximum Gasteiger partial charge on any atom is 0.263 e. The zero-order chi connectivity index (χ0) is 24.2. The Bertz CT molecular complexity index is 1300. The van der Waals surface area contributed by atoms with Crippen molar-refractivity contribution in [2.45, 2.75) is 13.0 Å². The van der Waals surface area contributed by atoms with Crippen LogP contribution in [-0.4, -0.2) is 52.0 Å². The van der Waals surface area contributed by atoms with Crippen LogP contribution in [0.15, 0.2) is 53.6 Å². The molecule has 0 saturated carbocycles. The van der Waals surface area contributed by atoms with E-state index < -0.39 is 22.0 Å². The summed E-state index contributed by atoms with van der Waals surface area (Å²) < 4.78 is 36.1. The molecule has 1 N–H and O–H groups in total. The number of methoxy groups -OCH3 is 2. The minimum absolute atomic E-state index is 0.192. The first-order valence-electron chi connectivity index (χ1n) is 9.74. The van der Waals surface area contributed by atoms with Gasteiger partial charge in [-0.15, -0.1) is 0 Å². The van der Waals surface area contributed by atoms with Crippen molar-refractivity contribution in [1.29, 1.82) is 0 Å². The number of halogens is 1. The second-order valence-corrected chi connectivity index (χ2v) is 9.31. The molecule has 1 heterocycles. The second-order valence-electron chi connectivity index (χ2n) is 7.09. The number of hydrazone groups is 1. The first-order chi connectivity index (χ1) is 15.6. The maximum atomic E-state index is 12.7. The molecule has 0 bridgehead atoms. The van der Waals surface area contributed by atoms with Crippen molar-refractivity contribution in [3.05, 3.63) is 59.2 Å². The van der Waals surface area contributed by atoms with Gasteiger partial charge in [0, 0.05) is 17.0 Å². The molecule has 0 aliphatic heterocycles. The number of fused-ring (bicyclic) bond motifs is 1. The van der Waals surface area contributed by atoms with Crippen LogP contribution < -0.4 is 19.2 Å². The summed E-state index contributed by atoms with van der Waals surface area (Å²) in [5.41, 5.74) is 3.82. The van der Waals surface area contributed by atoms with E-state index in [9.17, 15) is 13.2 Å². The van der Waals surface area contributed by atoms with Crippen LogP contribution in [0.25, 0.3) is 10.9 Å². The van der Waals surface area contributed by atoms with Gasteiger partial charge < -0.3 is 9.47 Å². The molecular formula is C22H23ClN4O5S. The minimum atomic E-state index is -3.76. The van der Waals surface area contributed by atoms with Gasteiger partial charge in [0.05, 0.1) is 37.9 Å². The zero-order valence-corrected chi connectivity index (χ0v) is 20.0. The van der Waals surface area contributed by atoms with Crippen molar-refractivity contribution in [2.75, 3.05) is 24.8 Å². The van der Waals surface area contributed by atoms with Crippen LogP contribution in [0.2, 0.25) is 5.15 Å². The van der Waals surface area contributed by atoms with E-state index in [1.165, 1.54) is 20.2 Å². The number of ether oxygens (including phenoxy) is 2. The molecule has 33 heavy (non-hydrogen) atoms. The molecule has 0 unspecified atom stereocenters. The number of aromatic nitrogens is 1. The van der Waals surface area contributed by atoms with Crippen molar-refractivity contribution in [3.63, 3.8) is 0 Å². The number of benzene rings is 2. The highest BCUT2D eigenvalue weighted by Gasteiger charge is 2.29. The van der Waals surface area contributed by atoms with Gasteiger partial charge in [-0.2, -0.15) is 5.10 Å². The summed E-state index contributed by atoms with van der Waals surface area (Å²) in [4.78, 5) is 17.0. The number of carbonyl (C=O) groups excluding carboxylic acids is 1. The number of rotatable bonds is 8. The Morgan fingerprint density at radius 1 is 1.12 bits per heavy atom. The topological polar surface area (TPSA) is 110 Å². The molecule has 1 atom stereocenters. The van der Waals surface area contributed by atoms with E-state index in [0.29, 0.717) is 28.3 Å². The lowest BCUT2D eigenvalue weighted by Crippen LogP contribution is -2.46. The van der Waals surface area contributed by atoms with Crippen molar-refractivity contribution in [1.82, 2.24) is 10.4 Å². The molecule has 9 nitrogen and oxygen atoms in total. The lowest BCUT2D eigenvalue weighted by atomic mass is 10.1. The fourth-order valence-corrected chi connectivity index (χ4v) is 4.52. The van der Waals surface area contributed by atoms with Crippen molar-refractivity contribution < 1.29 is 22.7 Å². The van der Waals surface area contributed by atoms with E-state index in [1.807, 2.05) is 6.07 Å². The SMILES string of the molecule is COc1ccc(N([C@@H](C)C(=O)N/N=C\c2cc3ccc(OC)cc3nc2Cl)S(C)(=O)=O)cc1. The van der Waals surface area contributed by atoms with Crippen LogP contribution in [-0.2, 0) is 14.8 Å². The first kappa shape index (κ1) is 24.3. The third kappa shape index (κ3) is 5.71. The lowest BCUT2D eigenvalue weighted by Gasteiger charge is -2.27. The van der Waals surface area contributed by atoms with E-state index in [2.05, 4.69) is 15.5 Å². The fourth-order valence-electron chi connectivity index (χ4n) is 3.15. The maximum absolute atomic E-state index is 12.7. The van der Waals surface area contributed by atoms with Crippen LogP contribution >= 0.6 is 11.6 Å². The smallest absolute Gasteiger partial charge is 0.263 e. The van der Waals surface area contributed by atoms with Gasteiger partial charge in [-0.1, -0.05) is 11.6 Å². The van der Waals surface area contributed by atoms with Gasteiger partial charge in [0.2, 0.25) is 10.0 Å². The molecule has 0 fully saturated rings. The van der Waals surface area contributed by atoms with E-state index in [0.717, 1.165) is 15.9 Å². The van der Waals surface area contributed by atoms with Crippen molar-refractivity contribution in [3.8, 4) is 11.5 Å². The summed E-state index contributed by atoms with van der Waals surface area (Å²) in [5, 5.41) is 4.94.